The fraction of sp³-hybridized carbons (Fsp3) is 0.435. The lowest BCUT2D eigenvalue weighted by Crippen LogP contribution is -2.52. The van der Waals surface area contributed by atoms with Gasteiger partial charge in [-0.2, -0.15) is 0 Å². The minimum Gasteiger partial charge on any atom is -0.503 e. The highest BCUT2D eigenvalue weighted by atomic mass is 19.1. The number of halogens is 1. The number of nitrogens with one attached hydrogen (secondary N) is 1. The average molecular weight is 427 g/mol. The number of benzene rings is 1. The fourth-order valence-electron chi connectivity index (χ4n) is 4.69. The monoisotopic (exact) mass is 427 g/mol. The average Bonchev–Trinajstić information content (AvgIpc) is 3.31. The van der Waals surface area contributed by atoms with Crippen molar-refractivity contribution in [2.75, 3.05) is 6.54 Å². The van der Waals surface area contributed by atoms with E-state index in [9.17, 15) is 23.9 Å². The molecule has 8 heteroatoms. The third kappa shape index (κ3) is 3.82. The van der Waals surface area contributed by atoms with Crippen LogP contribution in [0, 0.1) is 5.82 Å². The molecule has 0 radical (unpaired) electrons. The van der Waals surface area contributed by atoms with Crippen LogP contribution in [0.25, 0.3) is 0 Å². The van der Waals surface area contributed by atoms with Crippen molar-refractivity contribution in [2.45, 2.75) is 57.7 Å². The Labute approximate surface area is 180 Å². The van der Waals surface area contributed by atoms with E-state index < -0.39 is 23.2 Å². The van der Waals surface area contributed by atoms with Gasteiger partial charge in [-0.3, -0.25) is 19.3 Å². The normalized spacial score (nSPS) is 24.5. The maximum absolute atomic E-state index is 13.8. The van der Waals surface area contributed by atoms with Crippen LogP contribution in [0.1, 0.15) is 50.2 Å². The first kappa shape index (κ1) is 21.1. The molecular weight excluding hydrogens is 401 g/mol. The smallest absolute Gasteiger partial charge is 0.295 e. The molecule has 1 aromatic rings. The van der Waals surface area contributed by atoms with Crippen LogP contribution in [0.5, 0.6) is 0 Å². The molecule has 7 nitrogen and oxygen atoms in total. The summed E-state index contributed by atoms with van der Waals surface area (Å²) in [7, 11) is 0. The van der Waals surface area contributed by atoms with E-state index in [0.29, 0.717) is 31.2 Å². The number of rotatable bonds is 3. The second-order valence-corrected chi connectivity index (χ2v) is 8.28. The zero-order valence-electron chi connectivity index (χ0n) is 17.5. The molecule has 2 fully saturated rings. The molecule has 1 aliphatic carbocycles. The summed E-state index contributed by atoms with van der Waals surface area (Å²) >= 11 is 0. The van der Waals surface area contributed by atoms with E-state index in [1.807, 2.05) is 6.92 Å². The first-order chi connectivity index (χ1) is 14.8. The van der Waals surface area contributed by atoms with Crippen LogP contribution >= 0.6 is 0 Å². The van der Waals surface area contributed by atoms with Gasteiger partial charge in [0.2, 0.25) is 0 Å². The van der Waals surface area contributed by atoms with Crippen molar-refractivity contribution >= 4 is 17.7 Å². The van der Waals surface area contributed by atoms with Gasteiger partial charge in [0.05, 0.1) is 6.08 Å². The number of amides is 3. The molecule has 3 aliphatic rings. The molecule has 1 saturated heterocycles. The molecule has 0 unspecified atom stereocenters. The van der Waals surface area contributed by atoms with Gasteiger partial charge in [-0.15, -0.1) is 0 Å². The van der Waals surface area contributed by atoms with Crippen LogP contribution in [0.4, 0.5) is 4.39 Å². The van der Waals surface area contributed by atoms with Gasteiger partial charge in [0.25, 0.3) is 17.7 Å². The summed E-state index contributed by atoms with van der Waals surface area (Å²) in [6.45, 7) is 2.34. The summed E-state index contributed by atoms with van der Waals surface area (Å²) in [5.74, 6) is -2.59. The number of aryl methyl sites for hydroxylation is 1. The first-order valence-electron chi connectivity index (χ1n) is 10.7. The Bertz CT molecular complexity index is 995. The third-order valence-electron chi connectivity index (χ3n) is 6.27. The van der Waals surface area contributed by atoms with Gasteiger partial charge in [0.1, 0.15) is 17.2 Å². The van der Waals surface area contributed by atoms with E-state index >= 15 is 0 Å². The van der Waals surface area contributed by atoms with Crippen molar-refractivity contribution in [3.05, 3.63) is 58.8 Å². The van der Waals surface area contributed by atoms with Crippen molar-refractivity contribution in [3.8, 4) is 0 Å². The third-order valence-corrected chi connectivity index (χ3v) is 6.27. The van der Waals surface area contributed by atoms with Crippen molar-refractivity contribution < 1.29 is 23.9 Å². The van der Waals surface area contributed by atoms with E-state index in [1.165, 1.54) is 15.9 Å². The van der Waals surface area contributed by atoms with Gasteiger partial charge < -0.3 is 15.3 Å². The van der Waals surface area contributed by atoms with Crippen molar-refractivity contribution in [1.29, 1.82) is 0 Å². The highest BCUT2D eigenvalue weighted by Gasteiger charge is 2.52. The molecule has 31 heavy (non-hydrogen) atoms. The number of hydrogen-bond acceptors (Lipinski definition) is 4. The van der Waals surface area contributed by atoms with Crippen LogP contribution in [0.2, 0.25) is 0 Å². The van der Waals surface area contributed by atoms with E-state index in [2.05, 4.69) is 5.32 Å². The maximum Gasteiger partial charge on any atom is 0.295 e. The molecule has 0 atom stereocenters. The number of nitrogens with zero attached hydrogens (tertiary/aromatic N) is 2. The molecular formula is C23H26FN3O4. The summed E-state index contributed by atoms with van der Waals surface area (Å²) in [6.07, 6.45) is 6.42. The van der Waals surface area contributed by atoms with Crippen molar-refractivity contribution in [2.24, 2.45) is 0 Å². The van der Waals surface area contributed by atoms with Gasteiger partial charge >= 0.3 is 0 Å². The van der Waals surface area contributed by atoms with Crippen molar-refractivity contribution in [3.63, 3.8) is 0 Å². The predicted molar refractivity (Wildman–Crippen MR) is 111 cm³/mol. The largest absolute Gasteiger partial charge is 0.503 e. The van der Waals surface area contributed by atoms with Gasteiger partial charge in [-0.1, -0.05) is 25.1 Å². The molecule has 0 bridgehead atoms. The fourth-order valence-corrected chi connectivity index (χ4v) is 4.69. The zero-order chi connectivity index (χ0) is 22.2. The summed E-state index contributed by atoms with van der Waals surface area (Å²) in [4.78, 5) is 41.3. The Hall–Kier alpha value is -3.16. The number of fused-ring (bicyclic) bond motifs is 2. The Morgan fingerprint density at radius 1 is 1.19 bits per heavy atom. The lowest BCUT2D eigenvalue weighted by molar-refractivity contribution is -0.134. The van der Waals surface area contributed by atoms with Crippen LogP contribution in [0.3, 0.4) is 0 Å². The quantitative estimate of drug-likeness (QED) is 0.776. The molecule has 0 aromatic heterocycles. The van der Waals surface area contributed by atoms with E-state index in [0.717, 1.165) is 24.5 Å². The van der Waals surface area contributed by atoms with Gasteiger partial charge in [0.15, 0.2) is 5.76 Å². The predicted octanol–water partition coefficient (Wildman–Crippen LogP) is 2.67. The molecule has 1 spiro atoms. The number of aliphatic hydroxyl groups is 1. The minimum atomic E-state index is -0.825. The van der Waals surface area contributed by atoms with Gasteiger partial charge in [-0.05, 0) is 55.7 Å². The molecule has 2 heterocycles. The summed E-state index contributed by atoms with van der Waals surface area (Å²) in [5.41, 5.74) is 0.702. The molecule has 164 valence electrons. The lowest BCUT2D eigenvalue weighted by Gasteiger charge is -2.34. The second-order valence-electron chi connectivity index (χ2n) is 8.28. The number of aliphatic hydroxyl groups excluding tert-OH is 1. The zero-order valence-corrected chi connectivity index (χ0v) is 17.5. The Morgan fingerprint density at radius 3 is 2.65 bits per heavy atom. The van der Waals surface area contributed by atoms with Gasteiger partial charge in [-0.25, -0.2) is 4.39 Å². The Balaban J connectivity index is 1.63. The molecule has 1 aromatic carbocycles. The van der Waals surface area contributed by atoms with E-state index in [4.69, 9.17) is 0 Å². The van der Waals surface area contributed by atoms with Gasteiger partial charge in [0, 0.05) is 13.1 Å². The SMILES string of the molecule is CCc1cc(CN2CC/C=C3\C(=O)NC4(CCCC4)N3C(=O)/C(O)=C/C2=O)ccc1F. The number of carbonyl (C=O) groups is 3. The Morgan fingerprint density at radius 2 is 1.94 bits per heavy atom. The van der Waals surface area contributed by atoms with Crippen LogP contribution in [-0.2, 0) is 27.3 Å². The van der Waals surface area contributed by atoms with Crippen LogP contribution in [0.15, 0.2) is 41.8 Å². The molecule has 4 rings (SSSR count). The number of carbonyl (C=O) groups excluding carboxylic acids is 3. The standard InChI is InChI=1S/C23H26FN3O4/c1-2-16-12-15(7-8-17(16)24)14-26-11-5-6-18-21(30)25-23(9-3-4-10-23)27(18)22(31)19(28)13-20(26)29/h6-8,12-13,28H,2-5,9-11,14H2,1H3,(H,25,30)/b18-6+,19-13-. The highest BCUT2D eigenvalue weighted by molar-refractivity contribution is 6.07. The second kappa shape index (κ2) is 8.17. The van der Waals surface area contributed by atoms with Crippen LogP contribution in [-0.4, -0.2) is 44.8 Å². The molecule has 2 N–H and O–H groups in total. The number of hydrogen-bond donors (Lipinski definition) is 2. The Kier molecular flexibility index (Phi) is 5.56. The maximum atomic E-state index is 13.8. The molecule has 3 amide bonds. The lowest BCUT2D eigenvalue weighted by atomic mass is 10.1. The minimum absolute atomic E-state index is 0.201. The summed E-state index contributed by atoms with van der Waals surface area (Å²) in [6, 6.07) is 4.70. The summed E-state index contributed by atoms with van der Waals surface area (Å²) < 4.78 is 13.8. The van der Waals surface area contributed by atoms with Crippen LogP contribution < -0.4 is 5.32 Å². The summed E-state index contributed by atoms with van der Waals surface area (Å²) in [5, 5.41) is 13.4. The molecule has 2 aliphatic heterocycles. The van der Waals surface area contributed by atoms with Crippen molar-refractivity contribution in [1.82, 2.24) is 15.1 Å². The first-order valence-corrected chi connectivity index (χ1v) is 10.7. The highest BCUT2D eigenvalue weighted by Crippen LogP contribution is 2.40. The van der Waals surface area contributed by atoms with E-state index in [1.54, 1.807) is 18.2 Å². The molecule has 1 saturated carbocycles. The van der Waals surface area contributed by atoms with E-state index in [-0.39, 0.29) is 30.5 Å². The topological polar surface area (TPSA) is 90.0 Å².